The second-order valence-electron chi connectivity index (χ2n) is 8.23. The van der Waals surface area contributed by atoms with E-state index in [1.54, 1.807) is 37.1 Å². The van der Waals surface area contributed by atoms with Gasteiger partial charge in [0.2, 0.25) is 11.9 Å². The quantitative estimate of drug-likeness (QED) is 0.522. The number of nitrogens with zero attached hydrogens (tertiary/aromatic N) is 3. The normalized spacial score (nSPS) is 19.2. The van der Waals surface area contributed by atoms with E-state index in [0.717, 1.165) is 11.3 Å². The highest BCUT2D eigenvalue weighted by atomic mass is 16.5. The maximum atomic E-state index is 13.6. The molecule has 2 aromatic carbocycles. The molecule has 0 unspecified atom stereocenters. The maximum Gasteiger partial charge on any atom is 0.241 e. The van der Waals surface area contributed by atoms with Gasteiger partial charge in [0.05, 0.1) is 21.3 Å². The summed E-state index contributed by atoms with van der Waals surface area (Å²) in [6, 6.07) is 10.2. The van der Waals surface area contributed by atoms with Crippen LogP contribution >= 0.6 is 0 Å². The molecule has 34 heavy (non-hydrogen) atoms. The molecule has 0 spiro atoms. The van der Waals surface area contributed by atoms with Crippen molar-refractivity contribution >= 4 is 17.7 Å². The van der Waals surface area contributed by atoms with Gasteiger partial charge in [-0.3, -0.25) is 4.79 Å². The van der Waals surface area contributed by atoms with Crippen LogP contribution < -0.4 is 25.3 Å². The van der Waals surface area contributed by atoms with Crippen LogP contribution in [-0.2, 0) is 4.79 Å². The van der Waals surface area contributed by atoms with Crippen molar-refractivity contribution in [2.45, 2.75) is 24.8 Å². The number of ether oxygens (including phenoxy) is 3. The van der Waals surface area contributed by atoms with Crippen LogP contribution in [-0.4, -0.2) is 47.0 Å². The minimum Gasteiger partial charge on any atom is -0.504 e. The summed E-state index contributed by atoms with van der Waals surface area (Å²) in [4.78, 5) is 17.9. The minimum atomic E-state index is -0.577. The number of methoxy groups -OCH3 is 3. The fourth-order valence-corrected chi connectivity index (χ4v) is 4.76. The van der Waals surface area contributed by atoms with Gasteiger partial charge in [-0.25, -0.2) is 4.68 Å². The number of hydrogen-bond donors (Lipinski definition) is 3. The topological polar surface area (TPSA) is 134 Å². The summed E-state index contributed by atoms with van der Waals surface area (Å²) >= 11 is 0. The van der Waals surface area contributed by atoms with Crippen LogP contribution in [0.25, 0.3) is 0 Å². The first-order valence-electron chi connectivity index (χ1n) is 10.8. The van der Waals surface area contributed by atoms with Gasteiger partial charge in [-0.2, -0.15) is 4.98 Å². The highest BCUT2D eigenvalue weighted by Crippen LogP contribution is 2.46. The Morgan fingerprint density at radius 1 is 1.00 bits per heavy atom. The number of ketones is 1. The van der Waals surface area contributed by atoms with E-state index in [-0.39, 0.29) is 23.4 Å². The molecular weight excluding hydrogens is 438 g/mol. The Morgan fingerprint density at radius 2 is 1.71 bits per heavy atom. The summed E-state index contributed by atoms with van der Waals surface area (Å²) < 4.78 is 17.6. The molecular formula is C24H25N5O5. The molecule has 176 valence electrons. The number of phenolic OH excluding ortho intramolecular Hbond substituents is 1. The largest absolute Gasteiger partial charge is 0.504 e. The van der Waals surface area contributed by atoms with Crippen LogP contribution in [0, 0.1) is 0 Å². The monoisotopic (exact) mass is 463 g/mol. The van der Waals surface area contributed by atoms with E-state index in [1.165, 1.54) is 7.11 Å². The molecule has 2 heterocycles. The number of hydrogen-bond acceptors (Lipinski definition) is 9. The number of carbonyl (C=O) groups is 1. The Labute approximate surface area is 196 Å². The van der Waals surface area contributed by atoms with E-state index in [1.807, 2.05) is 18.2 Å². The van der Waals surface area contributed by atoms with Crippen LogP contribution in [0.5, 0.6) is 23.0 Å². The summed E-state index contributed by atoms with van der Waals surface area (Å²) in [5.74, 6) is 2.01. The van der Waals surface area contributed by atoms with Crippen LogP contribution in [0.1, 0.15) is 35.9 Å². The number of rotatable bonds is 5. The Kier molecular flexibility index (Phi) is 5.27. The number of phenols is 1. The van der Waals surface area contributed by atoms with E-state index in [2.05, 4.69) is 15.4 Å². The number of nitrogens with two attached hydrogens (primary N) is 1. The molecule has 0 radical (unpaired) electrons. The van der Waals surface area contributed by atoms with Gasteiger partial charge in [-0.05, 0) is 47.7 Å². The highest BCUT2D eigenvalue weighted by Gasteiger charge is 2.40. The summed E-state index contributed by atoms with van der Waals surface area (Å²) in [6.07, 6.45) is 0.899. The molecule has 1 aromatic heterocycles. The summed E-state index contributed by atoms with van der Waals surface area (Å²) in [5, 5.41) is 18.0. The predicted molar refractivity (Wildman–Crippen MR) is 124 cm³/mol. The van der Waals surface area contributed by atoms with Crippen molar-refractivity contribution in [1.82, 2.24) is 14.8 Å². The molecule has 2 aliphatic rings. The molecule has 5 rings (SSSR count). The van der Waals surface area contributed by atoms with Crippen LogP contribution in [0.4, 0.5) is 11.9 Å². The third-order valence-electron chi connectivity index (χ3n) is 6.33. The predicted octanol–water partition coefficient (Wildman–Crippen LogP) is 3.01. The van der Waals surface area contributed by atoms with E-state index < -0.39 is 6.04 Å². The van der Waals surface area contributed by atoms with Crippen molar-refractivity contribution < 1.29 is 24.1 Å². The Bertz CT molecular complexity index is 1320. The zero-order valence-electron chi connectivity index (χ0n) is 19.0. The smallest absolute Gasteiger partial charge is 0.241 e. The zero-order valence-corrected chi connectivity index (χ0v) is 19.0. The lowest BCUT2D eigenvalue weighted by Crippen LogP contribution is -2.33. The molecule has 1 aliphatic carbocycles. The average molecular weight is 463 g/mol. The first-order chi connectivity index (χ1) is 16.4. The number of Topliss-reactive ketones (excluding diaryl/α,β-unsaturated/α-hetero) is 1. The number of carbonyl (C=O) groups excluding carboxylic acids is 1. The summed E-state index contributed by atoms with van der Waals surface area (Å²) in [6.45, 7) is 0. The van der Waals surface area contributed by atoms with Crippen molar-refractivity contribution in [1.29, 1.82) is 0 Å². The van der Waals surface area contributed by atoms with E-state index in [0.29, 0.717) is 47.2 Å². The number of aromatic hydroxyl groups is 1. The lowest BCUT2D eigenvalue weighted by Gasteiger charge is -2.35. The van der Waals surface area contributed by atoms with Gasteiger partial charge in [0, 0.05) is 17.7 Å². The van der Waals surface area contributed by atoms with Gasteiger partial charge in [-0.15, -0.1) is 5.10 Å². The Hall–Kier alpha value is -4.21. The molecule has 0 bridgehead atoms. The van der Waals surface area contributed by atoms with Crippen molar-refractivity contribution in [3.05, 3.63) is 58.8 Å². The van der Waals surface area contributed by atoms with Crippen molar-refractivity contribution in [3.8, 4) is 23.0 Å². The van der Waals surface area contributed by atoms with Gasteiger partial charge >= 0.3 is 0 Å². The van der Waals surface area contributed by atoms with Gasteiger partial charge < -0.3 is 30.4 Å². The number of anilines is 2. The minimum absolute atomic E-state index is 0.0198. The lowest BCUT2D eigenvalue weighted by molar-refractivity contribution is -0.116. The summed E-state index contributed by atoms with van der Waals surface area (Å²) in [7, 11) is 4.65. The highest BCUT2D eigenvalue weighted by molar-refractivity contribution is 6.00. The number of aromatic nitrogens is 3. The second kappa shape index (κ2) is 8.29. The second-order valence-corrected chi connectivity index (χ2v) is 8.23. The van der Waals surface area contributed by atoms with E-state index >= 15 is 0 Å². The van der Waals surface area contributed by atoms with Crippen LogP contribution in [0.15, 0.2) is 47.7 Å². The molecule has 10 nitrogen and oxygen atoms in total. The van der Waals surface area contributed by atoms with Gasteiger partial charge in [-0.1, -0.05) is 12.1 Å². The fraction of sp³-hybridized carbons (Fsp3) is 0.292. The van der Waals surface area contributed by atoms with E-state index in [9.17, 15) is 9.90 Å². The van der Waals surface area contributed by atoms with Gasteiger partial charge in [0.1, 0.15) is 6.04 Å². The number of fused-ring (bicyclic) bond motifs is 1. The first-order valence-corrected chi connectivity index (χ1v) is 10.8. The average Bonchev–Trinajstić information content (AvgIpc) is 3.21. The van der Waals surface area contributed by atoms with Crippen LogP contribution in [0.2, 0.25) is 0 Å². The maximum absolute atomic E-state index is 13.6. The molecule has 10 heteroatoms. The number of benzene rings is 2. The molecule has 0 amide bonds. The number of nitrogens with one attached hydrogen (secondary N) is 1. The first kappa shape index (κ1) is 21.6. The molecule has 1 aliphatic heterocycles. The Morgan fingerprint density at radius 3 is 2.41 bits per heavy atom. The fourth-order valence-electron chi connectivity index (χ4n) is 4.76. The van der Waals surface area contributed by atoms with E-state index in [4.69, 9.17) is 19.9 Å². The van der Waals surface area contributed by atoms with Gasteiger partial charge in [0.15, 0.2) is 28.8 Å². The van der Waals surface area contributed by atoms with Crippen molar-refractivity contribution in [2.24, 2.45) is 0 Å². The third-order valence-corrected chi connectivity index (χ3v) is 6.33. The molecule has 4 N–H and O–H groups in total. The molecule has 0 saturated carbocycles. The molecule has 0 saturated heterocycles. The summed E-state index contributed by atoms with van der Waals surface area (Å²) in [5.41, 5.74) is 8.89. The molecule has 3 aromatic rings. The molecule has 0 fully saturated rings. The van der Waals surface area contributed by atoms with Crippen LogP contribution in [0.3, 0.4) is 0 Å². The number of nitrogen functional groups attached to an aromatic ring is 1. The Balaban J connectivity index is 1.58. The van der Waals surface area contributed by atoms with Crippen molar-refractivity contribution in [2.75, 3.05) is 32.4 Å². The van der Waals surface area contributed by atoms with Gasteiger partial charge in [0.25, 0.3) is 0 Å². The third kappa shape index (κ3) is 3.47. The lowest BCUT2D eigenvalue weighted by atomic mass is 9.78. The number of allylic oxidation sites excluding steroid dienone is 2. The standard InChI is InChI=1S/C24H25N5O5/c1-32-18-6-5-13(9-16(18)30)22-21-15(26-24-27-23(25)28-29(22)24)8-14(10-17(21)31)12-4-7-19(33-2)20(11-12)34-3/h4-7,9,11,14,22,30H,8,10H2,1-3H3,(H3,25,26,27,28)/t14-,22+/m1/s1. The van der Waals surface area contributed by atoms with Crippen molar-refractivity contribution in [3.63, 3.8) is 0 Å². The zero-order chi connectivity index (χ0) is 24.0. The molecule has 2 atom stereocenters. The SMILES string of the molecule is COc1ccc([C@H]2C3=C(C[C@@H](c4ccc(OC)c(OC)c4)CC3=O)Nc3nc(N)nn32)cc1O.